The summed E-state index contributed by atoms with van der Waals surface area (Å²) in [6, 6.07) is 6.90. The summed E-state index contributed by atoms with van der Waals surface area (Å²) in [7, 11) is 0. The minimum absolute atomic E-state index is 0.127. The van der Waals surface area contributed by atoms with Crippen LogP contribution >= 0.6 is 0 Å². The fourth-order valence-electron chi connectivity index (χ4n) is 2.15. The predicted molar refractivity (Wildman–Crippen MR) is 68.4 cm³/mol. The first-order valence-corrected chi connectivity index (χ1v) is 6.03. The second-order valence-electron chi connectivity index (χ2n) is 4.67. The molecule has 1 heterocycles. The van der Waals surface area contributed by atoms with Gasteiger partial charge in [-0.25, -0.2) is 4.79 Å². The first kappa shape index (κ1) is 12.9. The van der Waals surface area contributed by atoms with Gasteiger partial charge in [0, 0.05) is 12.2 Å². The number of hydrogen-bond donors (Lipinski definition) is 3. The van der Waals surface area contributed by atoms with E-state index < -0.39 is 6.10 Å². The van der Waals surface area contributed by atoms with Crippen LogP contribution in [0.15, 0.2) is 24.3 Å². The van der Waals surface area contributed by atoms with Gasteiger partial charge in [-0.2, -0.15) is 0 Å². The number of likely N-dealkylation sites (tertiary alicyclic amines) is 1. The van der Waals surface area contributed by atoms with Crippen molar-refractivity contribution in [1.29, 1.82) is 0 Å². The molecule has 1 aromatic carbocycles. The van der Waals surface area contributed by atoms with Crippen molar-refractivity contribution in [2.24, 2.45) is 0 Å². The third-order valence-electron chi connectivity index (χ3n) is 3.17. The molecule has 1 fully saturated rings. The summed E-state index contributed by atoms with van der Waals surface area (Å²) in [5.74, 6) is 0. The minimum Gasteiger partial charge on any atom is -0.394 e. The first-order valence-electron chi connectivity index (χ1n) is 6.03. The van der Waals surface area contributed by atoms with Gasteiger partial charge >= 0.3 is 6.03 Å². The molecule has 2 rings (SSSR count). The number of urea groups is 1. The molecule has 1 aliphatic heterocycles. The largest absolute Gasteiger partial charge is 0.394 e. The van der Waals surface area contributed by atoms with E-state index in [1.54, 1.807) is 0 Å². The summed E-state index contributed by atoms with van der Waals surface area (Å²) in [6.45, 7) is 2.12. The second-order valence-corrected chi connectivity index (χ2v) is 4.67. The number of hydrogen-bond acceptors (Lipinski definition) is 3. The molecule has 5 heteroatoms. The third-order valence-corrected chi connectivity index (χ3v) is 3.17. The highest BCUT2D eigenvalue weighted by molar-refractivity contribution is 5.89. The SMILES string of the molecule is Cc1ccc(NC(=O)N2CC(O)CC2CO)cc1. The Morgan fingerprint density at radius 3 is 2.72 bits per heavy atom. The van der Waals surface area contributed by atoms with E-state index in [0.29, 0.717) is 12.1 Å². The van der Waals surface area contributed by atoms with Crippen molar-refractivity contribution >= 4 is 11.7 Å². The molecule has 3 N–H and O–H groups in total. The molecule has 0 bridgehead atoms. The van der Waals surface area contributed by atoms with Crippen molar-refractivity contribution in [2.45, 2.75) is 25.5 Å². The lowest BCUT2D eigenvalue weighted by Crippen LogP contribution is -2.40. The second kappa shape index (κ2) is 5.37. The van der Waals surface area contributed by atoms with Crippen LogP contribution in [-0.4, -0.2) is 46.4 Å². The van der Waals surface area contributed by atoms with Gasteiger partial charge < -0.3 is 20.4 Å². The minimum atomic E-state index is -0.550. The zero-order valence-corrected chi connectivity index (χ0v) is 10.3. The van der Waals surface area contributed by atoms with Crippen molar-refractivity contribution in [3.63, 3.8) is 0 Å². The maximum Gasteiger partial charge on any atom is 0.322 e. The molecule has 2 unspecified atom stereocenters. The number of aliphatic hydroxyl groups excluding tert-OH is 2. The average molecular weight is 250 g/mol. The van der Waals surface area contributed by atoms with Crippen LogP contribution in [0.2, 0.25) is 0 Å². The van der Waals surface area contributed by atoms with Gasteiger partial charge in [0.1, 0.15) is 0 Å². The number of nitrogens with zero attached hydrogens (tertiary/aromatic N) is 1. The van der Waals surface area contributed by atoms with Gasteiger partial charge in [-0.15, -0.1) is 0 Å². The van der Waals surface area contributed by atoms with Gasteiger partial charge in [-0.1, -0.05) is 17.7 Å². The van der Waals surface area contributed by atoms with Gasteiger partial charge in [-0.05, 0) is 25.5 Å². The lowest BCUT2D eigenvalue weighted by Gasteiger charge is -2.23. The summed E-state index contributed by atoms with van der Waals surface area (Å²) in [5.41, 5.74) is 1.83. The maximum atomic E-state index is 12.0. The maximum absolute atomic E-state index is 12.0. The third kappa shape index (κ3) is 2.80. The van der Waals surface area contributed by atoms with E-state index in [-0.39, 0.29) is 25.2 Å². The zero-order valence-electron chi connectivity index (χ0n) is 10.3. The highest BCUT2D eigenvalue weighted by Crippen LogP contribution is 2.19. The van der Waals surface area contributed by atoms with E-state index in [4.69, 9.17) is 0 Å². The molecular formula is C13H18N2O3. The van der Waals surface area contributed by atoms with Crippen LogP contribution in [0.5, 0.6) is 0 Å². The van der Waals surface area contributed by atoms with Crippen LogP contribution in [0, 0.1) is 6.92 Å². The molecule has 98 valence electrons. The lowest BCUT2D eigenvalue weighted by molar-refractivity contribution is 0.164. The number of aliphatic hydroxyl groups is 2. The standard InChI is InChI=1S/C13H18N2O3/c1-9-2-4-10(5-3-9)14-13(18)15-7-12(17)6-11(15)8-16/h2-5,11-12,16-17H,6-8H2,1H3,(H,14,18). The van der Waals surface area contributed by atoms with Crippen molar-refractivity contribution < 1.29 is 15.0 Å². The number of β-amino-alcohol motifs (C(OH)–C–C–N with tert-alkyl or cyclic N) is 1. The fraction of sp³-hybridized carbons (Fsp3) is 0.462. The normalized spacial score (nSPS) is 23.2. The van der Waals surface area contributed by atoms with Crippen LogP contribution in [0.1, 0.15) is 12.0 Å². The number of aryl methyl sites for hydroxylation is 1. The molecule has 5 nitrogen and oxygen atoms in total. The zero-order chi connectivity index (χ0) is 13.1. The highest BCUT2D eigenvalue weighted by Gasteiger charge is 2.33. The topological polar surface area (TPSA) is 72.8 Å². The Kier molecular flexibility index (Phi) is 3.84. The number of carbonyl (C=O) groups is 1. The number of nitrogens with one attached hydrogen (secondary N) is 1. The lowest BCUT2D eigenvalue weighted by atomic mass is 10.2. The molecule has 0 aliphatic carbocycles. The van der Waals surface area contributed by atoms with E-state index in [1.165, 1.54) is 4.90 Å². The molecule has 18 heavy (non-hydrogen) atoms. The molecule has 2 atom stereocenters. The van der Waals surface area contributed by atoms with Crippen LogP contribution < -0.4 is 5.32 Å². The van der Waals surface area contributed by atoms with E-state index in [1.807, 2.05) is 31.2 Å². The number of carbonyl (C=O) groups excluding carboxylic acids is 1. The monoisotopic (exact) mass is 250 g/mol. The van der Waals surface area contributed by atoms with E-state index in [9.17, 15) is 15.0 Å². The van der Waals surface area contributed by atoms with Crippen LogP contribution in [0.4, 0.5) is 10.5 Å². The molecule has 0 spiro atoms. The summed E-state index contributed by atoms with van der Waals surface area (Å²) in [4.78, 5) is 13.5. The smallest absolute Gasteiger partial charge is 0.322 e. The van der Waals surface area contributed by atoms with Gasteiger partial charge in [-0.3, -0.25) is 0 Å². The Bertz CT molecular complexity index is 419. The molecule has 1 aromatic rings. The number of benzene rings is 1. The van der Waals surface area contributed by atoms with Gasteiger partial charge in [0.15, 0.2) is 0 Å². The molecule has 1 aliphatic rings. The summed E-state index contributed by atoms with van der Waals surface area (Å²) >= 11 is 0. The Labute approximate surface area is 106 Å². The molecule has 0 aromatic heterocycles. The molecule has 2 amide bonds. The van der Waals surface area contributed by atoms with Crippen molar-refractivity contribution in [3.8, 4) is 0 Å². The molecule has 0 radical (unpaired) electrons. The van der Waals surface area contributed by atoms with Crippen molar-refractivity contribution in [1.82, 2.24) is 4.90 Å². The van der Waals surface area contributed by atoms with Crippen LogP contribution in [0.25, 0.3) is 0 Å². The number of anilines is 1. The Hall–Kier alpha value is -1.59. The van der Waals surface area contributed by atoms with Crippen LogP contribution in [0.3, 0.4) is 0 Å². The Balaban J connectivity index is 2.01. The molecular weight excluding hydrogens is 232 g/mol. The highest BCUT2D eigenvalue weighted by atomic mass is 16.3. The average Bonchev–Trinajstić information content (AvgIpc) is 2.73. The first-order chi connectivity index (χ1) is 8.60. The summed E-state index contributed by atoms with van der Waals surface area (Å²) in [6.07, 6.45) is -0.122. The molecule has 0 saturated carbocycles. The van der Waals surface area contributed by atoms with E-state index in [0.717, 1.165) is 5.56 Å². The Morgan fingerprint density at radius 1 is 1.44 bits per heavy atom. The fourth-order valence-corrected chi connectivity index (χ4v) is 2.15. The van der Waals surface area contributed by atoms with Crippen LogP contribution in [-0.2, 0) is 0 Å². The number of amides is 2. The van der Waals surface area contributed by atoms with Gasteiger partial charge in [0.2, 0.25) is 0 Å². The molecule has 1 saturated heterocycles. The summed E-state index contributed by atoms with van der Waals surface area (Å²) in [5, 5.41) is 21.5. The van der Waals surface area contributed by atoms with E-state index >= 15 is 0 Å². The van der Waals surface area contributed by atoms with Crippen molar-refractivity contribution in [3.05, 3.63) is 29.8 Å². The van der Waals surface area contributed by atoms with Gasteiger partial charge in [0.25, 0.3) is 0 Å². The van der Waals surface area contributed by atoms with Gasteiger partial charge in [0.05, 0.1) is 18.8 Å². The quantitative estimate of drug-likeness (QED) is 0.732. The van der Waals surface area contributed by atoms with Crippen molar-refractivity contribution in [2.75, 3.05) is 18.5 Å². The Morgan fingerprint density at radius 2 is 2.11 bits per heavy atom. The summed E-state index contributed by atoms with van der Waals surface area (Å²) < 4.78 is 0. The van der Waals surface area contributed by atoms with E-state index in [2.05, 4.69) is 5.32 Å². The number of rotatable bonds is 2. The predicted octanol–water partition coefficient (Wildman–Crippen LogP) is 0.954.